The van der Waals surface area contributed by atoms with E-state index in [1.165, 1.54) is 11.8 Å². The summed E-state index contributed by atoms with van der Waals surface area (Å²) >= 11 is 1.32. The van der Waals surface area contributed by atoms with E-state index >= 15 is 0 Å². The van der Waals surface area contributed by atoms with Crippen LogP contribution in [0, 0.1) is 20.2 Å². The summed E-state index contributed by atoms with van der Waals surface area (Å²) < 4.78 is 5.33. The second kappa shape index (κ2) is 15.7. The van der Waals surface area contributed by atoms with E-state index in [-0.39, 0.29) is 12.4 Å². The number of nitrogens with zero attached hydrogens (tertiary/aromatic N) is 3. The van der Waals surface area contributed by atoms with Gasteiger partial charge >= 0.3 is 22.8 Å². The first kappa shape index (κ1) is 34.3. The van der Waals surface area contributed by atoms with Gasteiger partial charge in [0.1, 0.15) is 19.2 Å². The minimum absolute atomic E-state index is 0.0271. The number of carbonyl (C=O) groups is 2. The van der Waals surface area contributed by atoms with E-state index in [0.29, 0.717) is 0 Å². The minimum Gasteiger partial charge on any atom is -0.460 e. The van der Waals surface area contributed by atoms with Crippen LogP contribution < -0.4 is 10.7 Å². The van der Waals surface area contributed by atoms with Crippen molar-refractivity contribution in [3.05, 3.63) is 186 Å². The monoisotopic (exact) mass is 678 g/mol. The van der Waals surface area contributed by atoms with Gasteiger partial charge < -0.3 is 14.6 Å². The molecule has 0 aliphatic rings. The predicted octanol–water partition coefficient (Wildman–Crippen LogP) is 5.79. The molecule has 0 radical (unpaired) electrons. The first-order valence-corrected chi connectivity index (χ1v) is 16.0. The highest BCUT2D eigenvalue weighted by Gasteiger charge is 2.39. The van der Waals surface area contributed by atoms with Gasteiger partial charge in [-0.3, -0.25) is 34.6 Å². The summed E-state index contributed by atoms with van der Waals surface area (Å²) in [6.07, 6.45) is 1.62. The van der Waals surface area contributed by atoms with Gasteiger partial charge in [0.15, 0.2) is 0 Å². The molecule has 0 aliphatic heterocycles. The maximum atomic E-state index is 13.9. The van der Waals surface area contributed by atoms with Crippen molar-refractivity contribution in [3.63, 3.8) is 0 Å². The summed E-state index contributed by atoms with van der Waals surface area (Å²) in [6, 6.07) is 36.2. The van der Waals surface area contributed by atoms with Crippen LogP contribution in [0.25, 0.3) is 0 Å². The van der Waals surface area contributed by atoms with Crippen LogP contribution in [-0.4, -0.2) is 38.6 Å². The topological polar surface area (TPSA) is 164 Å². The summed E-state index contributed by atoms with van der Waals surface area (Å²) in [5.74, 6) is -1.63. The lowest BCUT2D eigenvalue weighted by Crippen LogP contribution is -2.39. The van der Waals surface area contributed by atoms with Crippen LogP contribution in [0.1, 0.15) is 28.3 Å². The summed E-state index contributed by atoms with van der Waals surface area (Å²) in [4.78, 5) is 60.7. The molecule has 0 saturated heterocycles. The molecular weight excluding hydrogens is 648 g/mol. The van der Waals surface area contributed by atoms with E-state index in [0.717, 1.165) is 39.2 Å². The van der Waals surface area contributed by atoms with Crippen LogP contribution in [0.5, 0.6) is 0 Å². The molecule has 0 fully saturated rings. The highest BCUT2D eigenvalue weighted by molar-refractivity contribution is 8.00. The van der Waals surface area contributed by atoms with Crippen molar-refractivity contribution in [2.45, 2.75) is 17.4 Å². The molecule has 0 saturated carbocycles. The summed E-state index contributed by atoms with van der Waals surface area (Å²) in [5, 5.41) is 26.2. The average Bonchev–Trinajstić information content (AvgIpc) is 3.13. The number of carbonyl (C=O) groups excluding carboxylic acids is 2. The number of benzene rings is 4. The number of aromatic nitrogens is 1. The molecule has 0 unspecified atom stereocenters. The van der Waals surface area contributed by atoms with Crippen LogP contribution in [0.4, 0.5) is 11.4 Å². The third kappa shape index (κ3) is 7.91. The summed E-state index contributed by atoms with van der Waals surface area (Å²) in [5.41, 5.74) is -0.216. The molecular formula is C36H30N4O8S. The number of rotatable bonds is 14. The van der Waals surface area contributed by atoms with Gasteiger partial charge in [0.05, 0.1) is 27.0 Å². The number of amides is 1. The predicted molar refractivity (Wildman–Crippen MR) is 184 cm³/mol. The zero-order valence-electron chi connectivity index (χ0n) is 25.9. The van der Waals surface area contributed by atoms with Gasteiger partial charge in [-0.05, 0) is 22.3 Å². The van der Waals surface area contributed by atoms with Gasteiger partial charge in [0.2, 0.25) is 5.91 Å². The fourth-order valence-electron chi connectivity index (χ4n) is 5.34. The fourth-order valence-corrected chi connectivity index (χ4v) is 6.98. The Morgan fingerprint density at radius 2 is 1.16 bits per heavy atom. The molecule has 49 heavy (non-hydrogen) atoms. The van der Waals surface area contributed by atoms with Gasteiger partial charge in [0, 0.05) is 5.75 Å². The van der Waals surface area contributed by atoms with Gasteiger partial charge in [0.25, 0.3) is 0 Å². The first-order valence-electron chi connectivity index (χ1n) is 15.0. The first-order chi connectivity index (χ1) is 23.7. The molecule has 5 rings (SSSR count). The molecule has 0 spiro atoms. The van der Waals surface area contributed by atoms with E-state index in [9.17, 15) is 34.6 Å². The number of pyridine rings is 1. The number of hydrogen-bond donors (Lipinski definition) is 1. The Labute approximate surface area is 284 Å². The van der Waals surface area contributed by atoms with E-state index in [1.807, 2.05) is 97.1 Å². The molecule has 1 atom stereocenters. The van der Waals surface area contributed by atoms with Crippen LogP contribution in [0.15, 0.2) is 139 Å². The maximum Gasteiger partial charge on any atom is 0.339 e. The Balaban J connectivity index is 1.56. The second-order valence-corrected chi connectivity index (χ2v) is 12.0. The lowest BCUT2D eigenvalue weighted by atomic mass is 9.84. The highest BCUT2D eigenvalue weighted by Crippen LogP contribution is 2.49. The van der Waals surface area contributed by atoms with Crippen molar-refractivity contribution in [1.29, 1.82) is 0 Å². The smallest absolute Gasteiger partial charge is 0.339 e. The molecule has 1 heterocycles. The molecule has 1 N–H and O–H groups in total. The largest absolute Gasteiger partial charge is 0.460 e. The molecule has 4 aromatic carbocycles. The number of hydrogen-bond acceptors (Lipinski definition) is 9. The zero-order chi connectivity index (χ0) is 34.8. The third-order valence-corrected chi connectivity index (χ3v) is 9.33. The van der Waals surface area contributed by atoms with Crippen molar-refractivity contribution in [3.8, 4) is 0 Å². The minimum atomic E-state index is -1.39. The van der Waals surface area contributed by atoms with Gasteiger partial charge in [-0.15, -0.1) is 11.8 Å². The lowest BCUT2D eigenvalue weighted by Gasteiger charge is -2.36. The summed E-state index contributed by atoms with van der Waals surface area (Å²) in [6.45, 7) is -0.570. The number of nitro groups is 2. The van der Waals surface area contributed by atoms with E-state index in [2.05, 4.69) is 5.32 Å². The Hall–Kier alpha value is -6.08. The fraction of sp³-hybridized carbons (Fsp3) is 0.139. The molecule has 0 aliphatic carbocycles. The van der Waals surface area contributed by atoms with Crippen LogP contribution in [0.3, 0.4) is 0 Å². The number of ether oxygens (including phenoxy) is 1. The average molecular weight is 679 g/mol. The molecule has 5 aromatic rings. The Morgan fingerprint density at radius 3 is 1.59 bits per heavy atom. The molecule has 1 aromatic heterocycles. The Bertz CT molecular complexity index is 1860. The highest BCUT2D eigenvalue weighted by atomic mass is 32.2. The van der Waals surface area contributed by atoms with Crippen LogP contribution in [0.2, 0.25) is 0 Å². The molecule has 13 heteroatoms. The van der Waals surface area contributed by atoms with Crippen molar-refractivity contribution in [2.24, 2.45) is 0 Å². The van der Waals surface area contributed by atoms with Crippen LogP contribution >= 0.6 is 11.8 Å². The lowest BCUT2D eigenvalue weighted by molar-refractivity contribution is -0.397. The zero-order valence-corrected chi connectivity index (χ0v) is 26.7. The van der Waals surface area contributed by atoms with E-state index in [4.69, 9.17) is 4.74 Å². The van der Waals surface area contributed by atoms with Crippen molar-refractivity contribution in [1.82, 2.24) is 9.88 Å². The van der Waals surface area contributed by atoms with Gasteiger partial charge in [-0.1, -0.05) is 121 Å². The van der Waals surface area contributed by atoms with E-state index in [1.54, 1.807) is 24.3 Å². The number of thioether (sulfide) groups is 1. The summed E-state index contributed by atoms with van der Waals surface area (Å²) in [7, 11) is 0. The molecule has 248 valence electrons. The molecule has 1 amide bonds. The standard InChI is InChI=1S/C36H30N4O8S/c41-33(48-24-26-13-5-1-6-14-26)21-37-35(43)32(38-22-30(39(44)45)34(42)31(23-38)40(46)47)25-49-36(27-15-7-2-8-16-27,28-17-9-3-10-18-28)29-19-11-4-12-20-29/h1-20,22-23,32H,21,24-25H2,(H,37,43)/t32-/m0/s1. The number of esters is 1. The molecule has 12 nitrogen and oxygen atoms in total. The van der Waals surface area contributed by atoms with Crippen molar-refractivity contribution in [2.75, 3.05) is 12.3 Å². The van der Waals surface area contributed by atoms with Gasteiger partial charge in [-0.2, -0.15) is 0 Å². The van der Waals surface area contributed by atoms with Crippen molar-refractivity contribution < 1.29 is 24.2 Å². The van der Waals surface area contributed by atoms with E-state index < -0.39 is 55.9 Å². The Kier molecular flexibility index (Phi) is 11.0. The third-order valence-electron chi connectivity index (χ3n) is 7.71. The van der Waals surface area contributed by atoms with Crippen molar-refractivity contribution >= 4 is 35.0 Å². The number of nitrogens with one attached hydrogen (secondary N) is 1. The molecule has 0 bridgehead atoms. The van der Waals surface area contributed by atoms with Crippen LogP contribution in [-0.2, 0) is 25.7 Å². The maximum absolute atomic E-state index is 13.9. The Morgan fingerprint density at radius 1 is 0.735 bits per heavy atom. The second-order valence-electron chi connectivity index (χ2n) is 10.8. The van der Waals surface area contributed by atoms with Gasteiger partial charge in [-0.25, -0.2) is 0 Å². The normalized spacial score (nSPS) is 11.7. The quantitative estimate of drug-likeness (QED) is 0.0663. The SMILES string of the molecule is O=C(CNC(=O)[C@H](CSC(c1ccccc1)(c1ccccc1)c1ccccc1)n1cc([N+](=O)[O-])c(=O)c([N+](=O)[O-])c1)OCc1ccccc1.